The smallest absolute Gasteiger partial charge is 0.247 e. The average molecular weight is 534 g/mol. The van der Waals surface area contributed by atoms with Crippen molar-refractivity contribution in [1.29, 1.82) is 0 Å². The van der Waals surface area contributed by atoms with Crippen LogP contribution in [-0.4, -0.2) is 86.7 Å². The second-order valence-corrected chi connectivity index (χ2v) is 9.58. The first-order valence-electron chi connectivity index (χ1n) is 13.0. The topological polar surface area (TPSA) is 138 Å². The molecule has 0 saturated carbocycles. The van der Waals surface area contributed by atoms with Crippen LogP contribution in [0.2, 0.25) is 0 Å². The van der Waals surface area contributed by atoms with Crippen LogP contribution in [0.4, 0.5) is 11.6 Å². The lowest BCUT2D eigenvalue weighted by Gasteiger charge is -2.37. The summed E-state index contributed by atoms with van der Waals surface area (Å²) in [6.07, 6.45) is 5.81. The standard InChI is InChI=1S/C26H31N9O4/c1-17(25(36)33-11-9-32(10-12-33)18-5-7-19(8-6-18)38-15-14-37-2)34-16-20-22(30-34)29-26(27)35-24(20)28-23(31-35)21-4-3-13-39-21/h3,5-8,13,16-17,21H,4,9-12,14-15H2,1-2H3,(H2,27,29,30)/t17-,21?/m1/s1. The molecule has 1 unspecified atom stereocenters. The summed E-state index contributed by atoms with van der Waals surface area (Å²) in [5.41, 5.74) is 8.21. The van der Waals surface area contributed by atoms with Gasteiger partial charge >= 0.3 is 0 Å². The molecule has 204 valence electrons. The predicted octanol–water partition coefficient (Wildman–Crippen LogP) is 1.97. The first-order chi connectivity index (χ1) is 19.0. The molecule has 0 spiro atoms. The molecular formula is C26H31N9O4. The molecule has 1 amide bonds. The Morgan fingerprint density at radius 1 is 1.13 bits per heavy atom. The van der Waals surface area contributed by atoms with Gasteiger partial charge in [0.05, 0.1) is 18.3 Å². The van der Waals surface area contributed by atoms with Gasteiger partial charge in [0.25, 0.3) is 0 Å². The van der Waals surface area contributed by atoms with Gasteiger partial charge in [0.15, 0.2) is 23.2 Å². The second kappa shape index (κ2) is 10.4. The monoisotopic (exact) mass is 533 g/mol. The number of hydrogen-bond donors (Lipinski definition) is 1. The number of methoxy groups -OCH3 is 1. The van der Waals surface area contributed by atoms with Crippen molar-refractivity contribution in [3.63, 3.8) is 0 Å². The molecular weight excluding hydrogens is 502 g/mol. The predicted molar refractivity (Wildman–Crippen MR) is 143 cm³/mol. The fourth-order valence-electron chi connectivity index (χ4n) is 4.89. The number of carbonyl (C=O) groups excluding carboxylic acids is 1. The fraction of sp³-hybridized carbons (Fsp3) is 0.423. The summed E-state index contributed by atoms with van der Waals surface area (Å²) in [6.45, 7) is 5.63. The summed E-state index contributed by atoms with van der Waals surface area (Å²) >= 11 is 0. The summed E-state index contributed by atoms with van der Waals surface area (Å²) in [6, 6.07) is 7.49. The molecule has 6 rings (SSSR count). The number of nitrogens with two attached hydrogens (primary N) is 1. The summed E-state index contributed by atoms with van der Waals surface area (Å²) in [5.74, 6) is 1.52. The zero-order valence-electron chi connectivity index (χ0n) is 21.9. The van der Waals surface area contributed by atoms with Crippen molar-refractivity contribution >= 4 is 34.2 Å². The maximum absolute atomic E-state index is 13.4. The van der Waals surface area contributed by atoms with Crippen LogP contribution in [0, 0.1) is 0 Å². The van der Waals surface area contributed by atoms with E-state index in [2.05, 4.69) is 25.1 Å². The number of benzene rings is 1. The molecule has 2 aliphatic heterocycles. The number of rotatable bonds is 8. The Kier molecular flexibility index (Phi) is 6.65. The summed E-state index contributed by atoms with van der Waals surface area (Å²) < 4.78 is 19.4. The van der Waals surface area contributed by atoms with E-state index < -0.39 is 6.04 Å². The van der Waals surface area contributed by atoms with Crippen molar-refractivity contribution < 1.29 is 19.0 Å². The zero-order chi connectivity index (χ0) is 26.9. The third-order valence-electron chi connectivity index (χ3n) is 7.10. The lowest BCUT2D eigenvalue weighted by molar-refractivity contribution is -0.134. The number of nitrogens with zero attached hydrogens (tertiary/aromatic N) is 8. The van der Waals surface area contributed by atoms with Crippen LogP contribution in [0.1, 0.15) is 31.3 Å². The Labute approximate surface area is 224 Å². The van der Waals surface area contributed by atoms with Crippen LogP contribution in [0.25, 0.3) is 16.7 Å². The lowest BCUT2D eigenvalue weighted by Crippen LogP contribution is -2.50. The van der Waals surface area contributed by atoms with Gasteiger partial charge in [-0.1, -0.05) is 0 Å². The minimum Gasteiger partial charge on any atom is -0.491 e. The molecule has 0 bridgehead atoms. The number of fused-ring (bicyclic) bond motifs is 3. The number of anilines is 2. The van der Waals surface area contributed by atoms with Crippen LogP contribution in [0.3, 0.4) is 0 Å². The summed E-state index contributed by atoms with van der Waals surface area (Å²) in [4.78, 5) is 26.6. The molecule has 13 heteroatoms. The highest BCUT2D eigenvalue weighted by Gasteiger charge is 2.28. The van der Waals surface area contributed by atoms with Crippen molar-refractivity contribution in [2.75, 3.05) is 57.1 Å². The van der Waals surface area contributed by atoms with Gasteiger partial charge in [0.2, 0.25) is 11.9 Å². The van der Waals surface area contributed by atoms with E-state index in [9.17, 15) is 4.79 Å². The van der Waals surface area contributed by atoms with E-state index in [1.54, 1.807) is 24.3 Å². The molecule has 1 fully saturated rings. The lowest BCUT2D eigenvalue weighted by atomic mass is 10.2. The molecule has 2 N–H and O–H groups in total. The van der Waals surface area contributed by atoms with Gasteiger partial charge in [-0.05, 0) is 37.3 Å². The SMILES string of the molecule is COCCOc1ccc(N2CCN(C(=O)[C@@H](C)n3cc4c(nc(N)n5nc(C6CC=CO6)nc45)n3)CC2)cc1. The van der Waals surface area contributed by atoms with Gasteiger partial charge in [0.1, 0.15) is 18.4 Å². The number of carbonyl (C=O) groups is 1. The molecule has 0 radical (unpaired) electrons. The van der Waals surface area contributed by atoms with E-state index in [1.165, 1.54) is 4.52 Å². The molecule has 1 saturated heterocycles. The molecule has 5 heterocycles. The molecule has 4 aromatic rings. The summed E-state index contributed by atoms with van der Waals surface area (Å²) in [7, 11) is 1.65. The van der Waals surface area contributed by atoms with Gasteiger partial charge in [-0.15, -0.1) is 5.10 Å². The van der Waals surface area contributed by atoms with Crippen LogP contribution in [-0.2, 0) is 14.3 Å². The molecule has 1 aromatic carbocycles. The highest BCUT2D eigenvalue weighted by Crippen LogP contribution is 2.28. The quantitative estimate of drug-likeness (QED) is 0.335. The molecule has 3 aromatic heterocycles. The first kappa shape index (κ1) is 24.9. The summed E-state index contributed by atoms with van der Waals surface area (Å²) in [5, 5.41) is 9.73. The van der Waals surface area contributed by atoms with Gasteiger partial charge < -0.3 is 29.7 Å². The van der Waals surface area contributed by atoms with E-state index >= 15 is 0 Å². The van der Waals surface area contributed by atoms with Crippen molar-refractivity contribution in [2.45, 2.75) is 25.5 Å². The van der Waals surface area contributed by atoms with Crippen LogP contribution >= 0.6 is 0 Å². The van der Waals surface area contributed by atoms with Crippen LogP contribution in [0.15, 0.2) is 42.8 Å². The Morgan fingerprint density at radius 3 is 2.64 bits per heavy atom. The fourth-order valence-corrected chi connectivity index (χ4v) is 4.89. The zero-order valence-corrected chi connectivity index (χ0v) is 21.9. The molecule has 2 aliphatic rings. The normalized spacial score (nSPS) is 18.2. The van der Waals surface area contributed by atoms with E-state index in [0.29, 0.717) is 55.2 Å². The number of hydrogen-bond acceptors (Lipinski definition) is 10. The molecule has 0 aliphatic carbocycles. The van der Waals surface area contributed by atoms with Crippen molar-refractivity contribution in [1.82, 2.24) is 34.3 Å². The van der Waals surface area contributed by atoms with Crippen LogP contribution in [0.5, 0.6) is 5.75 Å². The minimum atomic E-state index is -0.514. The maximum atomic E-state index is 13.4. The molecule has 39 heavy (non-hydrogen) atoms. The van der Waals surface area contributed by atoms with E-state index in [4.69, 9.17) is 19.9 Å². The van der Waals surface area contributed by atoms with Gasteiger partial charge in [-0.25, -0.2) is 4.98 Å². The van der Waals surface area contributed by atoms with Gasteiger partial charge in [0, 0.05) is 51.6 Å². The number of nitrogen functional groups attached to an aromatic ring is 1. The highest BCUT2D eigenvalue weighted by atomic mass is 16.5. The van der Waals surface area contributed by atoms with Crippen molar-refractivity contribution in [2.24, 2.45) is 0 Å². The second-order valence-electron chi connectivity index (χ2n) is 9.58. The Balaban J connectivity index is 1.13. The van der Waals surface area contributed by atoms with Crippen LogP contribution < -0.4 is 15.4 Å². The van der Waals surface area contributed by atoms with Gasteiger partial charge in [-0.2, -0.15) is 14.6 Å². The first-order valence-corrected chi connectivity index (χ1v) is 13.0. The van der Waals surface area contributed by atoms with E-state index in [-0.39, 0.29) is 18.0 Å². The van der Waals surface area contributed by atoms with E-state index in [1.807, 2.05) is 42.2 Å². The Morgan fingerprint density at radius 2 is 1.92 bits per heavy atom. The average Bonchev–Trinajstić information content (AvgIpc) is 3.73. The third kappa shape index (κ3) is 4.80. The Bertz CT molecular complexity index is 1500. The van der Waals surface area contributed by atoms with Crippen molar-refractivity contribution in [3.05, 3.63) is 48.6 Å². The maximum Gasteiger partial charge on any atom is 0.247 e. The third-order valence-corrected chi connectivity index (χ3v) is 7.10. The molecule has 13 nitrogen and oxygen atoms in total. The van der Waals surface area contributed by atoms with E-state index in [0.717, 1.165) is 24.5 Å². The van der Waals surface area contributed by atoms with Crippen molar-refractivity contribution in [3.8, 4) is 5.75 Å². The number of amides is 1. The number of aromatic nitrogens is 6. The highest BCUT2D eigenvalue weighted by molar-refractivity contribution is 5.90. The number of piperazine rings is 1. The largest absolute Gasteiger partial charge is 0.491 e. The van der Waals surface area contributed by atoms with Gasteiger partial charge in [-0.3, -0.25) is 9.48 Å². The number of ether oxygens (including phenoxy) is 3. The Hall–Kier alpha value is -4.39. The minimum absolute atomic E-state index is 0.000857. The molecule has 2 atom stereocenters.